The highest BCUT2D eigenvalue weighted by Gasteiger charge is 2.25. The number of hydrogen-bond donors (Lipinski definition) is 1. The number of halogens is 2. The molecule has 1 heterocycles. The van der Waals surface area contributed by atoms with Crippen molar-refractivity contribution >= 4 is 35.5 Å². The molecule has 2 rings (SSSR count). The van der Waals surface area contributed by atoms with Crippen LogP contribution in [0.15, 0.2) is 12.1 Å². The number of carbonyl (C=O) groups is 2. The van der Waals surface area contributed by atoms with E-state index in [0.29, 0.717) is 22.4 Å². The molecule has 0 spiro atoms. The molecule has 5 nitrogen and oxygen atoms in total. The van der Waals surface area contributed by atoms with Crippen LogP contribution >= 0.6 is 23.2 Å². The minimum atomic E-state index is -0.308. The third-order valence-electron chi connectivity index (χ3n) is 4.63. The third kappa shape index (κ3) is 4.21. The molecule has 2 amide bonds. The van der Waals surface area contributed by atoms with Crippen LogP contribution in [0.5, 0.6) is 0 Å². The van der Waals surface area contributed by atoms with Crippen molar-refractivity contribution in [2.75, 3.05) is 27.2 Å². The molecule has 0 aliphatic carbocycles. The molecular weight excluding hydrogens is 349 g/mol. The molecule has 1 unspecified atom stereocenters. The van der Waals surface area contributed by atoms with E-state index in [9.17, 15) is 9.59 Å². The van der Waals surface area contributed by atoms with E-state index in [2.05, 4.69) is 17.3 Å². The van der Waals surface area contributed by atoms with Gasteiger partial charge in [0, 0.05) is 18.7 Å². The maximum Gasteiger partial charge on any atom is 0.317 e. The molecule has 1 fully saturated rings. The summed E-state index contributed by atoms with van der Waals surface area (Å²) in [5.74, 6) is 0. The molecule has 0 radical (unpaired) electrons. The normalized spacial score (nSPS) is 17.4. The first-order valence-corrected chi connectivity index (χ1v) is 8.75. The lowest BCUT2D eigenvalue weighted by Crippen LogP contribution is -2.48. The number of amides is 2. The summed E-state index contributed by atoms with van der Waals surface area (Å²) in [5.41, 5.74) is 1.03. The Labute approximate surface area is 152 Å². The smallest absolute Gasteiger partial charge is 0.317 e. The Kier molecular flexibility index (Phi) is 6.49. The Morgan fingerprint density at radius 1 is 1.33 bits per heavy atom. The second-order valence-corrected chi connectivity index (χ2v) is 7.06. The van der Waals surface area contributed by atoms with E-state index < -0.39 is 0 Å². The Balaban J connectivity index is 2.03. The fourth-order valence-electron chi connectivity index (χ4n) is 2.92. The minimum absolute atomic E-state index is 0.135. The van der Waals surface area contributed by atoms with Crippen LogP contribution in [-0.4, -0.2) is 55.3 Å². The Morgan fingerprint density at radius 3 is 2.54 bits per heavy atom. The van der Waals surface area contributed by atoms with Crippen LogP contribution in [0.1, 0.15) is 41.7 Å². The first-order valence-electron chi connectivity index (χ1n) is 8.00. The minimum Gasteiger partial charge on any atom is -0.331 e. The second-order valence-electron chi connectivity index (χ2n) is 6.31. The van der Waals surface area contributed by atoms with E-state index in [1.54, 1.807) is 17.0 Å². The van der Waals surface area contributed by atoms with Crippen LogP contribution in [-0.2, 0) is 0 Å². The zero-order valence-corrected chi connectivity index (χ0v) is 15.7. The first kappa shape index (κ1) is 19.0. The van der Waals surface area contributed by atoms with Crippen LogP contribution in [0.25, 0.3) is 0 Å². The van der Waals surface area contributed by atoms with Crippen molar-refractivity contribution in [2.45, 2.75) is 31.8 Å². The molecule has 1 aromatic rings. The standard InChI is InChI=1S/C17H23Cl2N3O2/c1-11(14-5-4-12(10-23)15(18)16(14)19)20-17(24)22(3)13-6-8-21(2)9-7-13/h4-5,10-11,13H,6-9H2,1-3H3,(H,20,24). The predicted octanol–water partition coefficient (Wildman–Crippen LogP) is 3.60. The molecule has 7 heteroatoms. The highest BCUT2D eigenvalue weighted by atomic mass is 35.5. The number of rotatable bonds is 4. The summed E-state index contributed by atoms with van der Waals surface area (Å²) in [4.78, 5) is 27.4. The second kappa shape index (κ2) is 8.19. The lowest BCUT2D eigenvalue weighted by Gasteiger charge is -2.35. The molecule has 132 valence electrons. The van der Waals surface area contributed by atoms with Crippen molar-refractivity contribution in [2.24, 2.45) is 0 Å². The highest BCUT2D eigenvalue weighted by Crippen LogP contribution is 2.32. The average molecular weight is 372 g/mol. The quantitative estimate of drug-likeness (QED) is 0.822. The monoisotopic (exact) mass is 371 g/mol. The molecular formula is C17H23Cl2N3O2. The number of carbonyl (C=O) groups excluding carboxylic acids is 2. The summed E-state index contributed by atoms with van der Waals surface area (Å²) in [5, 5.41) is 3.47. The van der Waals surface area contributed by atoms with Crippen LogP contribution in [0.2, 0.25) is 10.0 Å². The van der Waals surface area contributed by atoms with Gasteiger partial charge < -0.3 is 15.1 Å². The molecule has 1 aromatic carbocycles. The molecule has 1 N–H and O–H groups in total. The summed E-state index contributed by atoms with van der Waals surface area (Å²) >= 11 is 12.3. The fourth-order valence-corrected chi connectivity index (χ4v) is 3.47. The van der Waals surface area contributed by atoms with Gasteiger partial charge in [0.05, 0.1) is 16.1 Å². The van der Waals surface area contributed by atoms with Crippen molar-refractivity contribution in [3.63, 3.8) is 0 Å². The molecule has 0 saturated carbocycles. The van der Waals surface area contributed by atoms with Crippen molar-refractivity contribution in [1.82, 2.24) is 15.1 Å². The van der Waals surface area contributed by atoms with E-state index in [1.807, 2.05) is 14.0 Å². The molecule has 1 saturated heterocycles. The number of hydrogen-bond acceptors (Lipinski definition) is 3. The van der Waals surface area contributed by atoms with Crippen molar-refractivity contribution in [3.05, 3.63) is 33.3 Å². The summed E-state index contributed by atoms with van der Waals surface area (Å²) in [6, 6.07) is 3.13. The summed E-state index contributed by atoms with van der Waals surface area (Å²) in [6.07, 6.45) is 2.60. The van der Waals surface area contributed by atoms with Gasteiger partial charge in [0.25, 0.3) is 0 Å². The van der Waals surface area contributed by atoms with Crippen molar-refractivity contribution in [1.29, 1.82) is 0 Å². The molecule has 1 atom stereocenters. The van der Waals surface area contributed by atoms with E-state index in [-0.39, 0.29) is 23.1 Å². The van der Waals surface area contributed by atoms with Gasteiger partial charge in [-0.3, -0.25) is 4.79 Å². The number of aldehydes is 1. The number of likely N-dealkylation sites (tertiary alicyclic amines) is 1. The molecule has 24 heavy (non-hydrogen) atoms. The summed E-state index contributed by atoms with van der Waals surface area (Å²) < 4.78 is 0. The lowest BCUT2D eigenvalue weighted by atomic mass is 10.0. The van der Waals surface area contributed by atoms with E-state index in [4.69, 9.17) is 23.2 Å². The van der Waals surface area contributed by atoms with E-state index in [1.165, 1.54) is 0 Å². The van der Waals surface area contributed by atoms with Gasteiger partial charge in [-0.1, -0.05) is 29.3 Å². The maximum atomic E-state index is 12.5. The number of urea groups is 1. The Hall–Kier alpha value is -1.30. The van der Waals surface area contributed by atoms with E-state index in [0.717, 1.165) is 25.9 Å². The van der Waals surface area contributed by atoms with Gasteiger partial charge in [-0.15, -0.1) is 0 Å². The average Bonchev–Trinajstić information content (AvgIpc) is 2.57. The van der Waals surface area contributed by atoms with Gasteiger partial charge in [-0.25, -0.2) is 4.79 Å². The van der Waals surface area contributed by atoms with Gasteiger partial charge in [-0.2, -0.15) is 0 Å². The summed E-state index contributed by atoms with van der Waals surface area (Å²) in [7, 11) is 3.91. The number of nitrogens with zero attached hydrogens (tertiary/aromatic N) is 2. The van der Waals surface area contributed by atoms with Gasteiger partial charge >= 0.3 is 6.03 Å². The fraction of sp³-hybridized carbons (Fsp3) is 0.529. The van der Waals surface area contributed by atoms with Crippen LogP contribution in [0.3, 0.4) is 0 Å². The molecule has 0 aromatic heterocycles. The molecule has 1 aliphatic heterocycles. The highest BCUT2D eigenvalue weighted by molar-refractivity contribution is 6.43. The zero-order chi connectivity index (χ0) is 17.9. The topological polar surface area (TPSA) is 52.7 Å². The van der Waals surface area contributed by atoms with Gasteiger partial charge in [0.1, 0.15) is 0 Å². The van der Waals surface area contributed by atoms with Gasteiger partial charge in [0.2, 0.25) is 0 Å². The van der Waals surface area contributed by atoms with Crippen molar-refractivity contribution in [3.8, 4) is 0 Å². The molecule has 1 aliphatic rings. The number of piperidine rings is 1. The lowest BCUT2D eigenvalue weighted by molar-refractivity contribution is 0.112. The van der Waals surface area contributed by atoms with E-state index >= 15 is 0 Å². The number of nitrogens with one attached hydrogen (secondary N) is 1. The predicted molar refractivity (Wildman–Crippen MR) is 97.1 cm³/mol. The largest absolute Gasteiger partial charge is 0.331 e. The number of benzene rings is 1. The Morgan fingerprint density at radius 2 is 1.96 bits per heavy atom. The Bertz CT molecular complexity index is 616. The van der Waals surface area contributed by atoms with Crippen molar-refractivity contribution < 1.29 is 9.59 Å². The summed E-state index contributed by atoms with van der Waals surface area (Å²) in [6.45, 7) is 3.83. The zero-order valence-electron chi connectivity index (χ0n) is 14.2. The van der Waals surface area contributed by atoms with Gasteiger partial charge in [-0.05, 0) is 51.5 Å². The first-order chi connectivity index (χ1) is 11.3. The third-order valence-corrected chi connectivity index (χ3v) is 5.54. The van der Waals surface area contributed by atoms with Crippen LogP contribution in [0.4, 0.5) is 4.79 Å². The van der Waals surface area contributed by atoms with Gasteiger partial charge in [0.15, 0.2) is 6.29 Å². The maximum absolute atomic E-state index is 12.5. The van der Waals surface area contributed by atoms with Crippen LogP contribution < -0.4 is 5.32 Å². The SMILES string of the molecule is CC(NC(=O)N(C)C1CCN(C)CC1)c1ccc(C=O)c(Cl)c1Cl. The molecule has 0 bridgehead atoms. The van der Waals surface area contributed by atoms with Crippen LogP contribution in [0, 0.1) is 0 Å².